The van der Waals surface area contributed by atoms with E-state index < -0.39 is 10.0 Å². The molecule has 1 aliphatic carbocycles. The first-order valence-electron chi connectivity index (χ1n) is 11.5. The van der Waals surface area contributed by atoms with E-state index in [1.807, 2.05) is 0 Å². The maximum absolute atomic E-state index is 12.5. The van der Waals surface area contributed by atoms with Crippen molar-refractivity contribution in [2.75, 3.05) is 39.0 Å². The lowest BCUT2D eigenvalue weighted by Gasteiger charge is -2.33. The van der Waals surface area contributed by atoms with Gasteiger partial charge in [-0.2, -0.15) is 0 Å². The topological polar surface area (TPSA) is 98.8 Å². The lowest BCUT2D eigenvalue weighted by molar-refractivity contribution is -0.127. The summed E-state index contributed by atoms with van der Waals surface area (Å²) in [6, 6.07) is 5.11. The zero-order chi connectivity index (χ0) is 23.3. The van der Waals surface area contributed by atoms with E-state index in [0.717, 1.165) is 55.9 Å². The van der Waals surface area contributed by atoms with Crippen LogP contribution in [-0.4, -0.2) is 69.2 Å². The van der Waals surface area contributed by atoms with Crippen LogP contribution >= 0.6 is 0 Å². The Kier molecular flexibility index (Phi) is 8.30. The van der Waals surface area contributed by atoms with E-state index in [2.05, 4.69) is 15.5 Å². The minimum Gasteiger partial charge on any atom is -0.353 e. The minimum absolute atomic E-state index is 0.170. The third-order valence-corrected chi connectivity index (χ3v) is 8.46. The number of nitrogens with zero attached hydrogens (tertiary/aromatic N) is 2. The summed E-state index contributed by atoms with van der Waals surface area (Å²) in [6.45, 7) is 3.47. The van der Waals surface area contributed by atoms with Crippen LogP contribution < -0.4 is 10.6 Å². The van der Waals surface area contributed by atoms with Gasteiger partial charge in [0, 0.05) is 44.8 Å². The Bertz CT molecular complexity index is 918. The highest BCUT2D eigenvalue weighted by Crippen LogP contribution is 2.25. The van der Waals surface area contributed by atoms with Gasteiger partial charge in [-0.15, -0.1) is 0 Å². The molecule has 2 N–H and O–H groups in total. The molecule has 3 rings (SSSR count). The standard InChI is InChI=1S/C23H36N4O4S/c1-17-9-10-20(15-21(17)32(30,31)26(2)3)24-22(28)16-27-13-11-19(12-14-27)25-23(29)18-7-5-4-6-8-18/h9-10,15,18-19H,4-8,11-14,16H2,1-3H3,(H,24,28)(H,25,29). The summed E-state index contributed by atoms with van der Waals surface area (Å²) >= 11 is 0. The quantitative estimate of drug-likeness (QED) is 0.645. The largest absolute Gasteiger partial charge is 0.353 e. The lowest BCUT2D eigenvalue weighted by atomic mass is 9.88. The van der Waals surface area contributed by atoms with Crippen molar-refractivity contribution >= 4 is 27.5 Å². The van der Waals surface area contributed by atoms with Gasteiger partial charge in [0.2, 0.25) is 21.8 Å². The van der Waals surface area contributed by atoms with Gasteiger partial charge in [-0.3, -0.25) is 14.5 Å². The van der Waals surface area contributed by atoms with Crippen LogP contribution in [0.25, 0.3) is 0 Å². The number of sulfonamides is 1. The first-order valence-corrected chi connectivity index (χ1v) is 13.0. The smallest absolute Gasteiger partial charge is 0.242 e. The van der Waals surface area contributed by atoms with Crippen molar-refractivity contribution in [3.8, 4) is 0 Å². The molecule has 1 aromatic rings. The van der Waals surface area contributed by atoms with Gasteiger partial charge >= 0.3 is 0 Å². The number of nitrogens with one attached hydrogen (secondary N) is 2. The summed E-state index contributed by atoms with van der Waals surface area (Å²) < 4.78 is 26.1. The van der Waals surface area contributed by atoms with E-state index in [4.69, 9.17) is 0 Å². The van der Waals surface area contributed by atoms with E-state index in [-0.39, 0.29) is 35.2 Å². The molecule has 2 amide bonds. The maximum atomic E-state index is 12.5. The molecule has 1 heterocycles. The number of likely N-dealkylation sites (tertiary alicyclic amines) is 1. The average molecular weight is 465 g/mol. The van der Waals surface area contributed by atoms with Crippen LogP contribution in [0.5, 0.6) is 0 Å². The molecule has 2 fully saturated rings. The molecule has 0 unspecified atom stereocenters. The molecule has 1 saturated heterocycles. The van der Waals surface area contributed by atoms with Crippen molar-refractivity contribution in [1.82, 2.24) is 14.5 Å². The summed E-state index contributed by atoms with van der Waals surface area (Å²) in [5.41, 5.74) is 1.10. The molecule has 0 atom stereocenters. The number of hydrogen-bond donors (Lipinski definition) is 2. The summed E-state index contributed by atoms with van der Waals surface area (Å²) in [6.07, 6.45) is 7.20. The zero-order valence-electron chi connectivity index (χ0n) is 19.4. The van der Waals surface area contributed by atoms with Gasteiger partial charge in [0.05, 0.1) is 11.4 Å². The second-order valence-electron chi connectivity index (χ2n) is 9.21. The van der Waals surface area contributed by atoms with E-state index in [9.17, 15) is 18.0 Å². The van der Waals surface area contributed by atoms with E-state index in [1.165, 1.54) is 26.6 Å². The van der Waals surface area contributed by atoms with Crippen molar-refractivity contribution in [3.05, 3.63) is 23.8 Å². The van der Waals surface area contributed by atoms with Crippen molar-refractivity contribution in [2.24, 2.45) is 5.92 Å². The van der Waals surface area contributed by atoms with Crippen LogP contribution in [0.2, 0.25) is 0 Å². The van der Waals surface area contributed by atoms with Crippen LogP contribution in [0.3, 0.4) is 0 Å². The van der Waals surface area contributed by atoms with E-state index >= 15 is 0 Å². The Labute approximate surface area is 191 Å². The second-order valence-corrected chi connectivity index (χ2v) is 11.3. The minimum atomic E-state index is -3.58. The fourth-order valence-corrected chi connectivity index (χ4v) is 5.62. The SMILES string of the molecule is Cc1ccc(NC(=O)CN2CCC(NC(=O)C3CCCCC3)CC2)cc1S(=O)(=O)N(C)C. The van der Waals surface area contributed by atoms with Crippen LogP contribution in [0, 0.1) is 12.8 Å². The molecule has 178 valence electrons. The molecule has 32 heavy (non-hydrogen) atoms. The Morgan fingerprint density at radius 3 is 2.34 bits per heavy atom. The number of hydrogen-bond acceptors (Lipinski definition) is 5. The number of aryl methyl sites for hydroxylation is 1. The normalized spacial score (nSPS) is 19.1. The fraction of sp³-hybridized carbons (Fsp3) is 0.652. The number of carbonyl (C=O) groups excluding carboxylic acids is 2. The van der Waals surface area contributed by atoms with Crippen LogP contribution in [0.15, 0.2) is 23.1 Å². The van der Waals surface area contributed by atoms with E-state index in [1.54, 1.807) is 19.1 Å². The summed E-state index contributed by atoms with van der Waals surface area (Å²) in [5.74, 6) is 0.193. The molecule has 0 bridgehead atoms. The van der Waals surface area contributed by atoms with Crippen LogP contribution in [0.4, 0.5) is 5.69 Å². The van der Waals surface area contributed by atoms with Gasteiger partial charge in [0.15, 0.2) is 0 Å². The van der Waals surface area contributed by atoms with Gasteiger partial charge in [-0.1, -0.05) is 25.3 Å². The number of piperidine rings is 1. The molecule has 9 heteroatoms. The average Bonchev–Trinajstić information content (AvgIpc) is 2.76. The Hall–Kier alpha value is -1.97. The number of amides is 2. The van der Waals surface area contributed by atoms with Gasteiger partial charge in [0.25, 0.3) is 0 Å². The second kappa shape index (κ2) is 10.8. The predicted octanol–water partition coefficient (Wildman–Crippen LogP) is 2.34. The maximum Gasteiger partial charge on any atom is 0.242 e. The van der Waals surface area contributed by atoms with E-state index in [0.29, 0.717) is 11.3 Å². The Morgan fingerprint density at radius 1 is 1.06 bits per heavy atom. The van der Waals surface area contributed by atoms with Gasteiger partial charge < -0.3 is 10.6 Å². The first-order chi connectivity index (χ1) is 15.2. The fourth-order valence-electron chi connectivity index (χ4n) is 4.48. The molecule has 0 aromatic heterocycles. The number of anilines is 1. The first kappa shape index (κ1) is 24.7. The molecule has 0 spiro atoms. The predicted molar refractivity (Wildman–Crippen MR) is 125 cm³/mol. The molecular weight excluding hydrogens is 428 g/mol. The Balaban J connectivity index is 1.48. The van der Waals surface area contributed by atoms with Crippen molar-refractivity contribution in [3.63, 3.8) is 0 Å². The monoisotopic (exact) mass is 464 g/mol. The molecule has 2 aliphatic rings. The van der Waals surface area contributed by atoms with Crippen molar-refractivity contribution in [2.45, 2.75) is 62.8 Å². The third-order valence-electron chi connectivity index (χ3n) is 6.51. The number of benzene rings is 1. The zero-order valence-corrected chi connectivity index (χ0v) is 20.2. The highest BCUT2D eigenvalue weighted by atomic mass is 32.2. The summed E-state index contributed by atoms with van der Waals surface area (Å²) in [7, 11) is -0.606. The summed E-state index contributed by atoms with van der Waals surface area (Å²) in [5, 5.41) is 6.03. The molecule has 0 radical (unpaired) electrons. The van der Waals surface area contributed by atoms with Gasteiger partial charge in [-0.25, -0.2) is 12.7 Å². The van der Waals surface area contributed by atoms with Crippen LogP contribution in [-0.2, 0) is 19.6 Å². The molecule has 1 saturated carbocycles. The molecule has 1 aliphatic heterocycles. The van der Waals surface area contributed by atoms with Crippen LogP contribution in [0.1, 0.15) is 50.5 Å². The van der Waals surface area contributed by atoms with Gasteiger partial charge in [0.1, 0.15) is 0 Å². The molecule has 8 nitrogen and oxygen atoms in total. The third kappa shape index (κ3) is 6.30. The number of carbonyl (C=O) groups is 2. The lowest BCUT2D eigenvalue weighted by Crippen LogP contribution is -2.48. The highest BCUT2D eigenvalue weighted by molar-refractivity contribution is 7.89. The van der Waals surface area contributed by atoms with Gasteiger partial charge in [-0.05, 0) is 50.3 Å². The molecule has 1 aromatic carbocycles. The molecular formula is C23H36N4O4S. The van der Waals surface area contributed by atoms with Crippen molar-refractivity contribution < 1.29 is 18.0 Å². The summed E-state index contributed by atoms with van der Waals surface area (Å²) in [4.78, 5) is 27.3. The Morgan fingerprint density at radius 2 is 1.72 bits per heavy atom. The highest BCUT2D eigenvalue weighted by Gasteiger charge is 2.26. The number of rotatable bonds is 7. The van der Waals surface area contributed by atoms with Crippen molar-refractivity contribution in [1.29, 1.82) is 0 Å².